The molecule has 146 valence electrons. The van der Waals surface area contributed by atoms with Gasteiger partial charge in [-0.1, -0.05) is 29.3 Å². The molecule has 0 radical (unpaired) electrons. The van der Waals surface area contributed by atoms with Crippen LogP contribution < -0.4 is 5.32 Å². The van der Waals surface area contributed by atoms with E-state index in [0.717, 1.165) is 12.0 Å². The zero-order valence-corrected chi connectivity index (χ0v) is 16.1. The van der Waals surface area contributed by atoms with Crippen molar-refractivity contribution >= 4 is 34.8 Å². The van der Waals surface area contributed by atoms with Crippen molar-refractivity contribution < 1.29 is 14.5 Å². The summed E-state index contributed by atoms with van der Waals surface area (Å²) in [6.07, 6.45) is 1.37. The smallest absolute Gasteiger partial charge is 0.289 e. The van der Waals surface area contributed by atoms with Crippen LogP contribution >= 0.6 is 11.6 Å². The molecule has 1 atom stereocenters. The molecular weight excluding hydrogens is 382 g/mol. The van der Waals surface area contributed by atoms with Gasteiger partial charge in [-0.15, -0.1) is 0 Å². The summed E-state index contributed by atoms with van der Waals surface area (Å²) in [5.41, 5.74) is 1.71. The summed E-state index contributed by atoms with van der Waals surface area (Å²) in [5.74, 6) is -0.740. The summed E-state index contributed by atoms with van der Waals surface area (Å²) in [4.78, 5) is 37.4. The molecule has 0 spiro atoms. The van der Waals surface area contributed by atoms with Crippen molar-refractivity contribution in [1.82, 2.24) is 4.90 Å². The van der Waals surface area contributed by atoms with Crippen molar-refractivity contribution in [3.63, 3.8) is 0 Å². The van der Waals surface area contributed by atoms with E-state index in [1.807, 2.05) is 19.1 Å². The summed E-state index contributed by atoms with van der Waals surface area (Å²) in [7, 11) is 0. The van der Waals surface area contributed by atoms with Gasteiger partial charge >= 0.3 is 0 Å². The number of nitro benzene ring substituents is 1. The Bertz CT molecular complexity index is 914. The minimum atomic E-state index is -0.597. The van der Waals surface area contributed by atoms with E-state index in [9.17, 15) is 19.7 Å². The standard InChI is InChI=1S/C20H20ClN3O4/c1-13-4-6-14(7-5-13)20(26)23-10-2-3-15(12-23)19(25)22-16-8-9-17(21)18(11-16)24(27)28/h4-9,11,15H,2-3,10,12H2,1H3,(H,22,25)/t15-/m1/s1. The van der Waals surface area contributed by atoms with Gasteiger partial charge in [0.1, 0.15) is 5.02 Å². The summed E-state index contributed by atoms with van der Waals surface area (Å²) in [5, 5.41) is 13.7. The van der Waals surface area contributed by atoms with Gasteiger partial charge in [0.25, 0.3) is 11.6 Å². The highest BCUT2D eigenvalue weighted by atomic mass is 35.5. The van der Waals surface area contributed by atoms with E-state index in [4.69, 9.17) is 11.6 Å². The second-order valence-electron chi connectivity index (χ2n) is 6.87. The van der Waals surface area contributed by atoms with E-state index in [2.05, 4.69) is 5.32 Å². The van der Waals surface area contributed by atoms with Crippen molar-refractivity contribution in [3.05, 3.63) is 68.7 Å². The predicted molar refractivity (Wildman–Crippen MR) is 107 cm³/mol. The summed E-state index contributed by atoms with van der Waals surface area (Å²) in [6.45, 7) is 2.87. The number of likely N-dealkylation sites (tertiary alicyclic amines) is 1. The maximum absolute atomic E-state index is 12.7. The van der Waals surface area contributed by atoms with Gasteiger partial charge in [-0.25, -0.2) is 0 Å². The fourth-order valence-electron chi connectivity index (χ4n) is 3.23. The van der Waals surface area contributed by atoms with Crippen LogP contribution in [0.1, 0.15) is 28.8 Å². The van der Waals surface area contributed by atoms with Gasteiger partial charge in [-0.3, -0.25) is 19.7 Å². The average molecular weight is 402 g/mol. The Morgan fingerprint density at radius 2 is 1.93 bits per heavy atom. The number of nitrogens with one attached hydrogen (secondary N) is 1. The van der Waals surface area contributed by atoms with Crippen LogP contribution in [0, 0.1) is 23.0 Å². The zero-order valence-electron chi connectivity index (χ0n) is 15.4. The highest BCUT2D eigenvalue weighted by Crippen LogP contribution is 2.28. The number of nitro groups is 1. The Morgan fingerprint density at radius 3 is 2.61 bits per heavy atom. The second kappa shape index (κ2) is 8.39. The lowest BCUT2D eigenvalue weighted by atomic mass is 9.96. The molecule has 2 aromatic carbocycles. The summed E-state index contributed by atoms with van der Waals surface area (Å²) in [6, 6.07) is 11.5. The lowest BCUT2D eigenvalue weighted by molar-refractivity contribution is -0.384. The Hall–Kier alpha value is -2.93. The Morgan fingerprint density at radius 1 is 1.21 bits per heavy atom. The van der Waals surface area contributed by atoms with Crippen molar-refractivity contribution in [2.24, 2.45) is 5.92 Å². The van der Waals surface area contributed by atoms with E-state index in [-0.39, 0.29) is 28.4 Å². The maximum atomic E-state index is 12.7. The molecule has 1 heterocycles. The quantitative estimate of drug-likeness (QED) is 0.617. The van der Waals surface area contributed by atoms with Gasteiger partial charge in [-0.2, -0.15) is 0 Å². The first-order valence-electron chi connectivity index (χ1n) is 8.96. The average Bonchev–Trinajstić information content (AvgIpc) is 2.69. The number of anilines is 1. The third-order valence-electron chi connectivity index (χ3n) is 4.79. The number of benzene rings is 2. The molecule has 0 bridgehead atoms. The van der Waals surface area contributed by atoms with Crippen molar-refractivity contribution in [3.8, 4) is 0 Å². The SMILES string of the molecule is Cc1ccc(C(=O)N2CCC[C@@H](C(=O)Nc3ccc(Cl)c([N+](=O)[O-])c3)C2)cc1. The molecule has 1 aliphatic rings. The molecule has 1 aliphatic heterocycles. The van der Waals surface area contributed by atoms with E-state index >= 15 is 0 Å². The number of halogens is 1. The Labute approximate surface area is 167 Å². The molecule has 2 amide bonds. The van der Waals surface area contributed by atoms with Crippen molar-refractivity contribution in [1.29, 1.82) is 0 Å². The molecule has 0 unspecified atom stereocenters. The fraction of sp³-hybridized carbons (Fsp3) is 0.300. The van der Waals surface area contributed by atoms with E-state index in [1.165, 1.54) is 18.2 Å². The third kappa shape index (κ3) is 4.48. The molecule has 1 fully saturated rings. The third-order valence-corrected chi connectivity index (χ3v) is 5.11. The van der Waals surface area contributed by atoms with Gasteiger partial charge < -0.3 is 10.2 Å². The van der Waals surface area contributed by atoms with Crippen LogP contribution in [0.2, 0.25) is 5.02 Å². The molecule has 1 N–H and O–H groups in total. The molecule has 8 heteroatoms. The fourth-order valence-corrected chi connectivity index (χ4v) is 3.42. The van der Waals surface area contributed by atoms with Gasteiger partial charge in [0.05, 0.1) is 10.8 Å². The summed E-state index contributed by atoms with van der Waals surface area (Å²) < 4.78 is 0. The van der Waals surface area contributed by atoms with Crippen LogP contribution in [0.5, 0.6) is 0 Å². The monoisotopic (exact) mass is 401 g/mol. The lowest BCUT2D eigenvalue weighted by Crippen LogP contribution is -2.43. The van der Waals surface area contributed by atoms with Crippen LogP contribution in [0.15, 0.2) is 42.5 Å². The zero-order chi connectivity index (χ0) is 20.3. The molecule has 7 nitrogen and oxygen atoms in total. The molecule has 28 heavy (non-hydrogen) atoms. The van der Waals surface area contributed by atoms with Crippen LogP contribution in [-0.2, 0) is 4.79 Å². The predicted octanol–water partition coefficient (Wildman–Crippen LogP) is 4.05. The van der Waals surface area contributed by atoms with Gasteiger partial charge in [0.2, 0.25) is 5.91 Å². The van der Waals surface area contributed by atoms with Crippen LogP contribution in [-0.4, -0.2) is 34.7 Å². The first-order chi connectivity index (χ1) is 13.3. The van der Waals surface area contributed by atoms with Crippen LogP contribution in [0.3, 0.4) is 0 Å². The van der Waals surface area contributed by atoms with E-state index in [1.54, 1.807) is 17.0 Å². The number of piperidine rings is 1. The second-order valence-corrected chi connectivity index (χ2v) is 7.28. The molecule has 2 aromatic rings. The molecule has 0 aromatic heterocycles. The minimum Gasteiger partial charge on any atom is -0.338 e. The number of carbonyl (C=O) groups is 2. The number of carbonyl (C=O) groups excluding carboxylic acids is 2. The summed E-state index contributed by atoms with van der Waals surface area (Å²) >= 11 is 5.80. The topological polar surface area (TPSA) is 92.6 Å². The molecule has 0 saturated carbocycles. The normalized spacial score (nSPS) is 16.5. The number of hydrogen-bond acceptors (Lipinski definition) is 4. The first-order valence-corrected chi connectivity index (χ1v) is 9.33. The largest absolute Gasteiger partial charge is 0.338 e. The molecular formula is C20H20ClN3O4. The van der Waals surface area contributed by atoms with E-state index in [0.29, 0.717) is 30.8 Å². The van der Waals surface area contributed by atoms with Gasteiger partial charge in [-0.05, 0) is 44.0 Å². The number of amides is 2. The number of hydrogen-bond donors (Lipinski definition) is 1. The highest BCUT2D eigenvalue weighted by Gasteiger charge is 2.29. The lowest BCUT2D eigenvalue weighted by Gasteiger charge is -2.32. The molecule has 1 saturated heterocycles. The van der Waals surface area contributed by atoms with E-state index < -0.39 is 4.92 Å². The van der Waals surface area contributed by atoms with Gasteiger partial charge in [0, 0.05) is 30.4 Å². The number of aryl methyl sites for hydroxylation is 1. The van der Waals surface area contributed by atoms with Crippen LogP contribution in [0.25, 0.3) is 0 Å². The van der Waals surface area contributed by atoms with Crippen molar-refractivity contribution in [2.75, 3.05) is 18.4 Å². The van der Waals surface area contributed by atoms with Gasteiger partial charge in [0.15, 0.2) is 0 Å². The molecule has 0 aliphatic carbocycles. The molecule has 3 rings (SSSR count). The minimum absolute atomic E-state index is 0.00975. The first kappa shape index (κ1) is 19.8. The Balaban J connectivity index is 1.67. The van der Waals surface area contributed by atoms with Crippen molar-refractivity contribution in [2.45, 2.75) is 19.8 Å². The number of rotatable bonds is 4. The number of nitrogens with zero attached hydrogens (tertiary/aromatic N) is 2. The highest BCUT2D eigenvalue weighted by molar-refractivity contribution is 6.32. The maximum Gasteiger partial charge on any atom is 0.289 e. The Kier molecular flexibility index (Phi) is 5.94. The van der Waals surface area contributed by atoms with Crippen LogP contribution in [0.4, 0.5) is 11.4 Å².